The van der Waals surface area contributed by atoms with Crippen molar-refractivity contribution in [1.82, 2.24) is 0 Å². The average Bonchev–Trinajstić information content (AvgIpc) is 3.45. The maximum atomic E-state index is 12.9. The standard InChI is InChI=1S/C73H132O6/c1-4-7-10-13-16-19-22-24-26-28-30-32-33-34-35-36-37-38-39-40-42-43-45-47-49-51-54-57-60-63-66-72(75)78-69-70(68-77-71(74)65-62-59-56-53-21-18-15-12-9-6-3)79-73(76)67-64-61-58-55-52-50-48-46-44-41-31-29-27-25-23-20-17-14-11-8-5-2/h8,11,17,20,25,27,31,41,46,48,70H,4-7,9-10,12-16,18-19,21-24,26,28-30,32-40,42-45,47,49-69H2,1-3H3/b11-8-,20-17-,27-25-,41-31-,48-46-. The quantitative estimate of drug-likeness (QED) is 0.0261. The number of unbranched alkanes of at least 4 members (excludes halogenated alkanes) is 43. The van der Waals surface area contributed by atoms with E-state index in [9.17, 15) is 14.4 Å². The Labute approximate surface area is 491 Å². The third-order valence-electron chi connectivity index (χ3n) is 15.5. The first kappa shape index (κ1) is 76.1. The number of esters is 3. The van der Waals surface area contributed by atoms with Gasteiger partial charge in [-0.1, -0.05) is 345 Å². The van der Waals surface area contributed by atoms with Gasteiger partial charge in [-0.05, 0) is 64.2 Å². The zero-order valence-corrected chi connectivity index (χ0v) is 52.9. The second kappa shape index (κ2) is 67.6. The molecule has 1 unspecified atom stereocenters. The van der Waals surface area contributed by atoms with Crippen LogP contribution in [0.3, 0.4) is 0 Å². The molecule has 0 saturated carbocycles. The maximum Gasteiger partial charge on any atom is 0.306 e. The Morgan fingerprint density at radius 3 is 0.772 bits per heavy atom. The monoisotopic (exact) mass is 1110 g/mol. The fourth-order valence-corrected chi connectivity index (χ4v) is 10.4. The highest BCUT2D eigenvalue weighted by atomic mass is 16.6. The van der Waals surface area contributed by atoms with Gasteiger partial charge in [0.1, 0.15) is 13.2 Å². The van der Waals surface area contributed by atoms with E-state index in [0.717, 1.165) is 109 Å². The molecule has 0 aliphatic heterocycles. The summed E-state index contributed by atoms with van der Waals surface area (Å²) in [6.45, 7) is 6.55. The number of hydrogen-bond acceptors (Lipinski definition) is 6. The van der Waals surface area contributed by atoms with Gasteiger partial charge in [-0.3, -0.25) is 14.4 Å². The average molecular weight is 1110 g/mol. The zero-order valence-electron chi connectivity index (χ0n) is 52.9. The van der Waals surface area contributed by atoms with Crippen molar-refractivity contribution >= 4 is 17.9 Å². The van der Waals surface area contributed by atoms with Crippen LogP contribution in [-0.2, 0) is 28.6 Å². The van der Waals surface area contributed by atoms with Gasteiger partial charge in [0.05, 0.1) is 0 Å². The molecule has 0 aliphatic rings. The minimum absolute atomic E-state index is 0.0779. The van der Waals surface area contributed by atoms with Gasteiger partial charge in [0.2, 0.25) is 0 Å². The molecule has 6 nitrogen and oxygen atoms in total. The van der Waals surface area contributed by atoms with E-state index >= 15 is 0 Å². The van der Waals surface area contributed by atoms with Crippen LogP contribution in [0.1, 0.15) is 367 Å². The Kier molecular flexibility index (Phi) is 65.1. The van der Waals surface area contributed by atoms with Gasteiger partial charge >= 0.3 is 17.9 Å². The summed E-state index contributed by atoms with van der Waals surface area (Å²) in [4.78, 5) is 38.3. The normalized spacial score (nSPS) is 12.4. The van der Waals surface area contributed by atoms with E-state index in [1.54, 1.807) is 0 Å². The van der Waals surface area contributed by atoms with Crippen LogP contribution in [0.4, 0.5) is 0 Å². The van der Waals surface area contributed by atoms with Crippen molar-refractivity contribution in [1.29, 1.82) is 0 Å². The van der Waals surface area contributed by atoms with Crippen molar-refractivity contribution in [3.8, 4) is 0 Å². The summed E-state index contributed by atoms with van der Waals surface area (Å²) in [5, 5.41) is 0. The second-order valence-corrected chi connectivity index (χ2v) is 23.4. The molecule has 0 heterocycles. The number of ether oxygens (including phenoxy) is 3. The first-order valence-electron chi connectivity index (χ1n) is 34.8. The first-order valence-corrected chi connectivity index (χ1v) is 34.8. The van der Waals surface area contributed by atoms with Gasteiger partial charge < -0.3 is 14.2 Å². The molecule has 0 aromatic carbocycles. The van der Waals surface area contributed by atoms with Crippen LogP contribution < -0.4 is 0 Å². The fraction of sp³-hybridized carbons (Fsp3) is 0.822. The summed E-state index contributed by atoms with van der Waals surface area (Å²) in [6.07, 6.45) is 87.0. The van der Waals surface area contributed by atoms with Crippen LogP contribution >= 0.6 is 0 Å². The summed E-state index contributed by atoms with van der Waals surface area (Å²) in [5.74, 6) is -0.878. The highest BCUT2D eigenvalue weighted by molar-refractivity contribution is 5.71. The SMILES string of the molecule is CC/C=C\C/C=C\C/C=C\C/C=C\C/C=C\CCCCCCCC(=O)OC(COC(=O)CCCCCCCCCCCC)COC(=O)CCCCCCCCCCCCCCCCCCCCCCCCCCCCCCCC. The zero-order chi connectivity index (χ0) is 57.1. The predicted octanol–water partition coefficient (Wildman–Crippen LogP) is 23.9. The van der Waals surface area contributed by atoms with Crippen LogP contribution in [0.25, 0.3) is 0 Å². The van der Waals surface area contributed by atoms with Gasteiger partial charge in [-0.15, -0.1) is 0 Å². The van der Waals surface area contributed by atoms with E-state index in [1.165, 1.54) is 218 Å². The Morgan fingerprint density at radius 1 is 0.266 bits per heavy atom. The summed E-state index contributed by atoms with van der Waals surface area (Å²) in [5.41, 5.74) is 0. The molecule has 6 heteroatoms. The van der Waals surface area contributed by atoms with Gasteiger partial charge in [-0.25, -0.2) is 0 Å². The number of hydrogen-bond donors (Lipinski definition) is 0. The molecular weight excluding hydrogens is 973 g/mol. The lowest BCUT2D eigenvalue weighted by Gasteiger charge is -2.18. The Bertz CT molecular complexity index is 1410. The van der Waals surface area contributed by atoms with Crippen LogP contribution in [0.15, 0.2) is 60.8 Å². The van der Waals surface area contributed by atoms with E-state index in [1.807, 2.05) is 0 Å². The molecular formula is C73H132O6. The fourth-order valence-electron chi connectivity index (χ4n) is 10.4. The highest BCUT2D eigenvalue weighted by Gasteiger charge is 2.19. The van der Waals surface area contributed by atoms with E-state index in [4.69, 9.17) is 14.2 Å². The Morgan fingerprint density at radius 2 is 0.494 bits per heavy atom. The number of rotatable bonds is 64. The first-order chi connectivity index (χ1) is 39.0. The van der Waals surface area contributed by atoms with Crippen molar-refractivity contribution in [2.45, 2.75) is 374 Å². The third-order valence-corrected chi connectivity index (χ3v) is 15.5. The molecule has 0 rings (SSSR count). The van der Waals surface area contributed by atoms with Gasteiger partial charge in [0, 0.05) is 19.3 Å². The van der Waals surface area contributed by atoms with Crippen molar-refractivity contribution in [2.24, 2.45) is 0 Å². The molecule has 0 aromatic heterocycles. The Balaban J connectivity index is 4.14. The molecule has 460 valence electrons. The predicted molar refractivity (Wildman–Crippen MR) is 344 cm³/mol. The smallest absolute Gasteiger partial charge is 0.306 e. The second-order valence-electron chi connectivity index (χ2n) is 23.4. The number of carbonyl (C=O) groups is 3. The Hall–Kier alpha value is -2.89. The number of allylic oxidation sites excluding steroid dienone is 10. The third kappa shape index (κ3) is 65.8. The lowest BCUT2D eigenvalue weighted by Crippen LogP contribution is -2.30. The van der Waals surface area contributed by atoms with Crippen LogP contribution in [0.5, 0.6) is 0 Å². The van der Waals surface area contributed by atoms with E-state index < -0.39 is 6.10 Å². The maximum absolute atomic E-state index is 12.9. The molecule has 79 heavy (non-hydrogen) atoms. The molecule has 0 radical (unpaired) electrons. The molecule has 0 bridgehead atoms. The van der Waals surface area contributed by atoms with E-state index in [2.05, 4.69) is 81.5 Å². The molecule has 0 N–H and O–H groups in total. The van der Waals surface area contributed by atoms with Crippen molar-refractivity contribution < 1.29 is 28.6 Å². The summed E-state index contributed by atoms with van der Waals surface area (Å²) in [7, 11) is 0. The lowest BCUT2D eigenvalue weighted by molar-refractivity contribution is -0.167. The van der Waals surface area contributed by atoms with Gasteiger partial charge in [0.15, 0.2) is 6.10 Å². The van der Waals surface area contributed by atoms with E-state index in [-0.39, 0.29) is 31.1 Å². The summed E-state index contributed by atoms with van der Waals surface area (Å²) in [6, 6.07) is 0. The minimum Gasteiger partial charge on any atom is -0.462 e. The molecule has 0 spiro atoms. The van der Waals surface area contributed by atoms with Crippen LogP contribution in [-0.4, -0.2) is 37.2 Å². The van der Waals surface area contributed by atoms with Gasteiger partial charge in [-0.2, -0.15) is 0 Å². The van der Waals surface area contributed by atoms with Crippen molar-refractivity contribution in [3.63, 3.8) is 0 Å². The highest BCUT2D eigenvalue weighted by Crippen LogP contribution is 2.18. The molecule has 0 aromatic rings. The van der Waals surface area contributed by atoms with Crippen LogP contribution in [0.2, 0.25) is 0 Å². The molecule has 0 saturated heterocycles. The van der Waals surface area contributed by atoms with Crippen LogP contribution in [0, 0.1) is 0 Å². The minimum atomic E-state index is -0.782. The van der Waals surface area contributed by atoms with E-state index in [0.29, 0.717) is 19.3 Å². The van der Waals surface area contributed by atoms with Crippen molar-refractivity contribution in [2.75, 3.05) is 13.2 Å². The van der Waals surface area contributed by atoms with Gasteiger partial charge in [0.25, 0.3) is 0 Å². The summed E-state index contributed by atoms with van der Waals surface area (Å²) < 4.78 is 16.9. The largest absolute Gasteiger partial charge is 0.462 e. The van der Waals surface area contributed by atoms with Crippen molar-refractivity contribution in [3.05, 3.63) is 60.8 Å². The molecule has 0 aliphatic carbocycles. The topological polar surface area (TPSA) is 78.9 Å². The lowest BCUT2D eigenvalue weighted by atomic mass is 10.0. The molecule has 0 fully saturated rings. The molecule has 1 atom stereocenters. The molecule has 0 amide bonds. The summed E-state index contributed by atoms with van der Waals surface area (Å²) >= 11 is 0. The number of carbonyl (C=O) groups excluding carboxylic acids is 3.